The van der Waals surface area contributed by atoms with Crippen LogP contribution < -0.4 is 5.73 Å². The molecule has 0 saturated carbocycles. The van der Waals surface area contributed by atoms with Gasteiger partial charge in [0.2, 0.25) is 0 Å². The number of aryl methyl sites for hydroxylation is 1. The molecular weight excluding hydrogens is 268 g/mol. The average Bonchev–Trinajstić information content (AvgIpc) is 2.47. The number of hydrogen-bond acceptors (Lipinski definition) is 4. The lowest BCUT2D eigenvalue weighted by Crippen LogP contribution is -2.30. The zero-order valence-corrected chi connectivity index (χ0v) is 11.9. The van der Waals surface area contributed by atoms with Crippen molar-refractivity contribution < 1.29 is 14.3 Å². The van der Waals surface area contributed by atoms with Gasteiger partial charge in [-0.15, -0.1) is 0 Å². The minimum absolute atomic E-state index is 0.322. The highest BCUT2D eigenvalue weighted by Gasteiger charge is 2.18. The zero-order valence-electron chi connectivity index (χ0n) is 11.9. The molecule has 5 heteroatoms. The van der Waals surface area contributed by atoms with Crippen molar-refractivity contribution in [2.75, 3.05) is 0 Å². The Morgan fingerprint density at radius 1 is 1.14 bits per heavy atom. The lowest BCUT2D eigenvalue weighted by Gasteiger charge is -2.11. The van der Waals surface area contributed by atoms with Gasteiger partial charge < -0.3 is 10.5 Å². The summed E-state index contributed by atoms with van der Waals surface area (Å²) in [5, 5.41) is 0. The predicted octanol–water partition coefficient (Wildman–Crippen LogP) is 2.09. The van der Waals surface area contributed by atoms with E-state index in [4.69, 9.17) is 10.5 Å². The van der Waals surface area contributed by atoms with E-state index in [1.54, 1.807) is 19.1 Å². The number of nitrogens with two attached hydrogens (primary N) is 1. The van der Waals surface area contributed by atoms with E-state index >= 15 is 0 Å². The Labute approximate surface area is 122 Å². The summed E-state index contributed by atoms with van der Waals surface area (Å²) in [5.74, 6) is -1.29. The second-order valence-electron chi connectivity index (χ2n) is 4.65. The second-order valence-corrected chi connectivity index (χ2v) is 4.65. The number of hydrogen-bond donors (Lipinski definition) is 1. The van der Waals surface area contributed by atoms with Crippen LogP contribution in [0.3, 0.4) is 0 Å². The van der Waals surface area contributed by atoms with E-state index in [1.807, 2.05) is 30.3 Å². The van der Waals surface area contributed by atoms with E-state index in [-0.39, 0.29) is 0 Å². The van der Waals surface area contributed by atoms with Crippen LogP contribution >= 0.6 is 0 Å². The van der Waals surface area contributed by atoms with Crippen LogP contribution in [0.4, 0.5) is 0 Å². The summed E-state index contributed by atoms with van der Waals surface area (Å²) >= 11 is 0. The third-order valence-corrected chi connectivity index (χ3v) is 3.06. The number of nitrogens with zero attached hydrogens (tertiary/aromatic N) is 1. The van der Waals surface area contributed by atoms with E-state index in [9.17, 15) is 9.59 Å². The minimum Gasteiger partial charge on any atom is -0.449 e. The fourth-order valence-electron chi connectivity index (χ4n) is 1.83. The van der Waals surface area contributed by atoms with Crippen LogP contribution in [-0.2, 0) is 9.53 Å². The van der Waals surface area contributed by atoms with E-state index in [1.165, 1.54) is 6.92 Å². The maximum Gasteiger partial charge on any atom is 0.340 e. The molecule has 0 aliphatic carbocycles. The maximum absolute atomic E-state index is 12.0. The van der Waals surface area contributed by atoms with Crippen molar-refractivity contribution in [2.24, 2.45) is 5.73 Å². The first-order valence-corrected chi connectivity index (χ1v) is 6.52. The largest absolute Gasteiger partial charge is 0.449 e. The molecule has 21 heavy (non-hydrogen) atoms. The molecule has 5 nitrogen and oxygen atoms in total. The molecule has 2 rings (SSSR count). The van der Waals surface area contributed by atoms with Gasteiger partial charge in [0.1, 0.15) is 0 Å². The summed E-state index contributed by atoms with van der Waals surface area (Å²) in [6.45, 7) is 3.15. The third-order valence-electron chi connectivity index (χ3n) is 3.06. The lowest BCUT2D eigenvalue weighted by molar-refractivity contribution is -0.125. The van der Waals surface area contributed by atoms with Crippen molar-refractivity contribution in [3.05, 3.63) is 53.7 Å². The molecule has 0 aliphatic rings. The molecule has 2 N–H and O–H groups in total. The van der Waals surface area contributed by atoms with E-state index in [0.717, 1.165) is 11.3 Å². The van der Waals surface area contributed by atoms with Gasteiger partial charge in [0.25, 0.3) is 5.91 Å². The molecular formula is C16H16N2O3. The number of pyridine rings is 1. The van der Waals surface area contributed by atoms with Gasteiger partial charge in [-0.3, -0.25) is 9.78 Å². The molecule has 1 amide bonds. The fraction of sp³-hybridized carbons (Fsp3) is 0.188. The molecule has 1 atom stereocenters. The topological polar surface area (TPSA) is 82.3 Å². The van der Waals surface area contributed by atoms with Crippen molar-refractivity contribution in [1.29, 1.82) is 0 Å². The molecule has 1 aromatic heterocycles. The first kappa shape index (κ1) is 14.7. The summed E-state index contributed by atoms with van der Waals surface area (Å²) in [6.07, 6.45) is -0.967. The number of esters is 1. The number of primary amides is 1. The SMILES string of the molecule is Cc1nc(-c2ccccc2)ccc1C(=O)O[C@H](C)C(N)=O. The third kappa shape index (κ3) is 3.45. The first-order chi connectivity index (χ1) is 9.99. The summed E-state index contributed by atoms with van der Waals surface area (Å²) in [4.78, 5) is 27.3. The lowest BCUT2D eigenvalue weighted by atomic mass is 10.1. The Kier molecular flexibility index (Phi) is 4.33. The van der Waals surface area contributed by atoms with E-state index < -0.39 is 18.0 Å². The van der Waals surface area contributed by atoms with Gasteiger partial charge in [-0.25, -0.2) is 4.79 Å². The first-order valence-electron chi connectivity index (χ1n) is 6.52. The Hall–Kier alpha value is -2.69. The van der Waals surface area contributed by atoms with Crippen molar-refractivity contribution in [1.82, 2.24) is 4.98 Å². The molecule has 0 spiro atoms. The van der Waals surface area contributed by atoms with Crippen LogP contribution in [0.5, 0.6) is 0 Å². The van der Waals surface area contributed by atoms with Crippen LogP contribution in [-0.4, -0.2) is 23.0 Å². The molecule has 0 bridgehead atoms. The Bertz CT molecular complexity index is 668. The highest BCUT2D eigenvalue weighted by atomic mass is 16.5. The van der Waals surface area contributed by atoms with Crippen molar-refractivity contribution in [2.45, 2.75) is 20.0 Å². The number of amides is 1. The number of benzene rings is 1. The highest BCUT2D eigenvalue weighted by molar-refractivity contribution is 5.93. The summed E-state index contributed by atoms with van der Waals surface area (Å²) in [5.41, 5.74) is 7.67. The summed E-state index contributed by atoms with van der Waals surface area (Å²) < 4.78 is 4.97. The fourth-order valence-corrected chi connectivity index (χ4v) is 1.83. The van der Waals surface area contributed by atoms with Gasteiger partial charge >= 0.3 is 5.97 Å². The number of aromatic nitrogens is 1. The van der Waals surface area contributed by atoms with Gasteiger partial charge in [0, 0.05) is 5.56 Å². The average molecular weight is 284 g/mol. The zero-order chi connectivity index (χ0) is 15.4. The number of rotatable bonds is 4. The molecule has 1 aromatic carbocycles. The Morgan fingerprint density at radius 3 is 2.38 bits per heavy atom. The monoisotopic (exact) mass is 284 g/mol. The van der Waals surface area contributed by atoms with E-state index in [0.29, 0.717) is 11.3 Å². The summed E-state index contributed by atoms with van der Waals surface area (Å²) in [7, 11) is 0. The van der Waals surface area contributed by atoms with Gasteiger partial charge in [0.05, 0.1) is 17.0 Å². The van der Waals surface area contributed by atoms with Crippen molar-refractivity contribution >= 4 is 11.9 Å². The van der Waals surface area contributed by atoms with Gasteiger partial charge in [-0.1, -0.05) is 30.3 Å². The number of ether oxygens (including phenoxy) is 1. The van der Waals surface area contributed by atoms with Gasteiger partial charge in [0.15, 0.2) is 6.10 Å². The van der Waals surface area contributed by atoms with Crippen LogP contribution in [0, 0.1) is 6.92 Å². The van der Waals surface area contributed by atoms with E-state index in [2.05, 4.69) is 4.98 Å². The molecule has 0 fully saturated rings. The smallest absolute Gasteiger partial charge is 0.340 e. The molecule has 0 aliphatic heterocycles. The Morgan fingerprint density at radius 2 is 1.81 bits per heavy atom. The van der Waals surface area contributed by atoms with Gasteiger partial charge in [-0.05, 0) is 26.0 Å². The van der Waals surface area contributed by atoms with Crippen LogP contribution in [0.25, 0.3) is 11.3 Å². The second kappa shape index (κ2) is 6.17. The molecule has 2 aromatic rings. The predicted molar refractivity (Wildman–Crippen MR) is 78.5 cm³/mol. The minimum atomic E-state index is -0.967. The molecule has 0 unspecified atom stereocenters. The van der Waals surface area contributed by atoms with Crippen molar-refractivity contribution in [3.63, 3.8) is 0 Å². The standard InChI is InChI=1S/C16H16N2O3/c1-10-13(16(20)21-11(2)15(17)19)8-9-14(18-10)12-6-4-3-5-7-12/h3-9,11H,1-2H3,(H2,17,19)/t11-/m1/s1. The van der Waals surface area contributed by atoms with Gasteiger partial charge in [-0.2, -0.15) is 0 Å². The van der Waals surface area contributed by atoms with Crippen LogP contribution in [0.15, 0.2) is 42.5 Å². The normalized spacial score (nSPS) is 11.7. The molecule has 0 radical (unpaired) electrons. The quantitative estimate of drug-likeness (QED) is 0.871. The molecule has 1 heterocycles. The number of carbonyl (C=O) groups is 2. The highest BCUT2D eigenvalue weighted by Crippen LogP contribution is 2.19. The Balaban J connectivity index is 2.24. The molecule has 108 valence electrons. The van der Waals surface area contributed by atoms with Crippen molar-refractivity contribution in [3.8, 4) is 11.3 Å². The summed E-state index contributed by atoms with van der Waals surface area (Å²) in [6, 6.07) is 13.0. The van der Waals surface area contributed by atoms with Crippen LogP contribution in [0.2, 0.25) is 0 Å². The maximum atomic E-state index is 12.0. The van der Waals surface area contributed by atoms with Crippen LogP contribution in [0.1, 0.15) is 23.0 Å². The molecule has 0 saturated heterocycles. The number of carbonyl (C=O) groups excluding carboxylic acids is 2.